The van der Waals surface area contributed by atoms with Gasteiger partial charge in [-0.2, -0.15) is 0 Å². The maximum atomic E-state index is 12.5. The number of hydrogen-bond donors (Lipinski definition) is 0. The van der Waals surface area contributed by atoms with E-state index in [-0.39, 0.29) is 5.43 Å². The lowest BCUT2D eigenvalue weighted by atomic mass is 10.1. The molecule has 4 rings (SSSR count). The molecule has 28 heavy (non-hydrogen) atoms. The molecule has 144 valence electrons. The Morgan fingerprint density at radius 2 is 1.86 bits per heavy atom. The third-order valence-corrected chi connectivity index (χ3v) is 5.03. The Hall–Kier alpha value is -2.92. The molecule has 1 aromatic heterocycles. The van der Waals surface area contributed by atoms with Crippen LogP contribution in [0.2, 0.25) is 0 Å². The summed E-state index contributed by atoms with van der Waals surface area (Å²) in [4.78, 5) is 20.3. The van der Waals surface area contributed by atoms with Crippen molar-refractivity contribution in [3.8, 4) is 11.3 Å². The predicted molar refractivity (Wildman–Crippen MR) is 112 cm³/mol. The normalized spacial score (nSPS) is 15.3. The first-order valence-corrected chi connectivity index (χ1v) is 9.81. The summed E-state index contributed by atoms with van der Waals surface area (Å²) in [6.45, 7) is 3.78. The summed E-state index contributed by atoms with van der Waals surface area (Å²) in [5.74, 6) is 0.570. The first kappa shape index (κ1) is 18.4. The highest BCUT2D eigenvalue weighted by Crippen LogP contribution is 2.22. The van der Waals surface area contributed by atoms with Gasteiger partial charge in [-0.25, -0.2) is 0 Å². The first-order chi connectivity index (χ1) is 13.8. The van der Waals surface area contributed by atoms with E-state index in [4.69, 9.17) is 9.25 Å². The second-order valence-electron chi connectivity index (χ2n) is 7.07. The maximum absolute atomic E-state index is 12.5. The lowest BCUT2D eigenvalue weighted by Crippen LogP contribution is -2.32. The van der Waals surface area contributed by atoms with Crippen LogP contribution >= 0.6 is 0 Å². The molecule has 0 unspecified atom stereocenters. The van der Waals surface area contributed by atoms with Crippen LogP contribution in [0.1, 0.15) is 24.8 Å². The zero-order valence-corrected chi connectivity index (χ0v) is 15.8. The van der Waals surface area contributed by atoms with E-state index in [2.05, 4.69) is 10.1 Å². The molecule has 1 aliphatic rings. The number of oxime groups is 1. The second kappa shape index (κ2) is 8.85. The van der Waals surface area contributed by atoms with Crippen LogP contribution < -0.4 is 5.43 Å². The minimum absolute atomic E-state index is 0.0682. The average molecular weight is 376 g/mol. The van der Waals surface area contributed by atoms with Gasteiger partial charge in [0.25, 0.3) is 0 Å². The summed E-state index contributed by atoms with van der Waals surface area (Å²) in [7, 11) is 0. The molecule has 0 amide bonds. The topological polar surface area (TPSA) is 55.0 Å². The molecule has 0 aliphatic carbocycles. The number of fused-ring (bicyclic) bond motifs is 1. The number of rotatable bonds is 6. The number of piperidine rings is 1. The standard InChI is InChI=1S/C23H24N2O3/c26-21-16-23(19-7-3-1-4-8-19)28-22-10-9-18(15-20(21)22)17-24-27-14-13-25-11-5-2-6-12-25/h1,3-4,7-10,15-17H,2,5-6,11-14H2/b24-17+. The smallest absolute Gasteiger partial charge is 0.193 e. The highest BCUT2D eigenvalue weighted by atomic mass is 16.6. The lowest BCUT2D eigenvalue weighted by molar-refractivity contribution is 0.103. The van der Waals surface area contributed by atoms with Crippen molar-refractivity contribution in [1.29, 1.82) is 0 Å². The zero-order valence-electron chi connectivity index (χ0n) is 15.8. The van der Waals surface area contributed by atoms with Crippen LogP contribution in [0.5, 0.6) is 0 Å². The van der Waals surface area contributed by atoms with Crippen molar-refractivity contribution in [2.24, 2.45) is 5.16 Å². The number of likely N-dealkylation sites (tertiary alicyclic amines) is 1. The number of hydrogen-bond acceptors (Lipinski definition) is 5. The van der Waals surface area contributed by atoms with Crippen molar-refractivity contribution in [2.45, 2.75) is 19.3 Å². The highest BCUT2D eigenvalue weighted by Gasteiger charge is 2.09. The van der Waals surface area contributed by atoms with E-state index in [0.29, 0.717) is 23.3 Å². The largest absolute Gasteiger partial charge is 0.456 e. The molecule has 5 nitrogen and oxygen atoms in total. The first-order valence-electron chi connectivity index (χ1n) is 9.81. The molecule has 3 aromatic rings. The average Bonchev–Trinajstić information content (AvgIpc) is 2.75. The number of benzene rings is 2. The third-order valence-electron chi connectivity index (χ3n) is 5.03. The molecular formula is C23H24N2O3. The van der Waals surface area contributed by atoms with Crippen molar-refractivity contribution in [2.75, 3.05) is 26.2 Å². The molecule has 2 aromatic carbocycles. The molecule has 2 heterocycles. The van der Waals surface area contributed by atoms with Crippen molar-refractivity contribution in [3.05, 3.63) is 70.4 Å². The Bertz CT molecular complexity index is 1010. The van der Waals surface area contributed by atoms with Crippen molar-refractivity contribution in [3.63, 3.8) is 0 Å². The van der Waals surface area contributed by atoms with Gasteiger partial charge >= 0.3 is 0 Å². The van der Waals surface area contributed by atoms with Crippen LogP contribution in [0, 0.1) is 0 Å². The molecule has 0 N–H and O–H groups in total. The summed E-state index contributed by atoms with van der Waals surface area (Å²) < 4.78 is 5.91. The van der Waals surface area contributed by atoms with E-state index in [1.165, 1.54) is 25.3 Å². The monoisotopic (exact) mass is 376 g/mol. The Kier molecular flexibility index (Phi) is 5.83. The summed E-state index contributed by atoms with van der Waals surface area (Å²) in [5.41, 5.74) is 2.19. The van der Waals surface area contributed by atoms with Gasteiger partial charge in [0, 0.05) is 18.2 Å². The Morgan fingerprint density at radius 3 is 2.68 bits per heavy atom. The van der Waals surface area contributed by atoms with Gasteiger partial charge in [-0.05, 0) is 49.7 Å². The van der Waals surface area contributed by atoms with Gasteiger partial charge in [0.15, 0.2) is 5.43 Å². The van der Waals surface area contributed by atoms with E-state index in [0.717, 1.165) is 30.8 Å². The third kappa shape index (κ3) is 4.49. The quantitative estimate of drug-likeness (QED) is 0.366. The summed E-state index contributed by atoms with van der Waals surface area (Å²) in [5, 5.41) is 4.58. The summed E-state index contributed by atoms with van der Waals surface area (Å²) >= 11 is 0. The van der Waals surface area contributed by atoms with Gasteiger partial charge in [0.2, 0.25) is 0 Å². The molecule has 1 saturated heterocycles. The highest BCUT2D eigenvalue weighted by molar-refractivity contribution is 5.88. The van der Waals surface area contributed by atoms with E-state index < -0.39 is 0 Å². The maximum Gasteiger partial charge on any atom is 0.193 e. The Balaban J connectivity index is 1.42. The van der Waals surface area contributed by atoms with Gasteiger partial charge in [-0.15, -0.1) is 0 Å². The predicted octanol–water partition coefficient (Wildman–Crippen LogP) is 4.30. The van der Waals surface area contributed by atoms with E-state index in [1.54, 1.807) is 18.3 Å². The molecule has 1 aliphatic heterocycles. The Morgan fingerprint density at radius 1 is 1.04 bits per heavy atom. The summed E-state index contributed by atoms with van der Waals surface area (Å²) in [6.07, 6.45) is 5.52. The van der Waals surface area contributed by atoms with Crippen LogP contribution in [0.25, 0.3) is 22.3 Å². The zero-order chi connectivity index (χ0) is 19.2. The molecule has 0 atom stereocenters. The fraction of sp³-hybridized carbons (Fsp3) is 0.304. The summed E-state index contributed by atoms with van der Waals surface area (Å²) in [6, 6.07) is 16.6. The van der Waals surface area contributed by atoms with Crippen molar-refractivity contribution in [1.82, 2.24) is 4.90 Å². The molecular weight excluding hydrogens is 352 g/mol. The fourth-order valence-corrected chi connectivity index (χ4v) is 3.50. The molecule has 0 bridgehead atoms. The van der Waals surface area contributed by atoms with E-state index in [9.17, 15) is 4.79 Å². The lowest BCUT2D eigenvalue weighted by Gasteiger charge is -2.25. The van der Waals surface area contributed by atoms with Crippen molar-refractivity contribution >= 4 is 17.2 Å². The van der Waals surface area contributed by atoms with E-state index in [1.807, 2.05) is 36.4 Å². The van der Waals surface area contributed by atoms with Crippen LogP contribution in [0.15, 0.2) is 69.0 Å². The van der Waals surface area contributed by atoms with Crippen LogP contribution in [0.4, 0.5) is 0 Å². The molecule has 0 spiro atoms. The second-order valence-corrected chi connectivity index (χ2v) is 7.07. The van der Waals surface area contributed by atoms with Gasteiger partial charge in [0.1, 0.15) is 18.0 Å². The Labute approximate surface area is 164 Å². The molecule has 0 saturated carbocycles. The minimum Gasteiger partial charge on any atom is -0.456 e. The number of nitrogens with zero attached hydrogens (tertiary/aromatic N) is 2. The molecule has 5 heteroatoms. The van der Waals surface area contributed by atoms with Gasteiger partial charge in [-0.3, -0.25) is 9.69 Å². The van der Waals surface area contributed by atoms with E-state index >= 15 is 0 Å². The molecule has 1 fully saturated rings. The van der Waals surface area contributed by atoms with Crippen LogP contribution in [-0.2, 0) is 4.84 Å². The van der Waals surface area contributed by atoms with Gasteiger partial charge < -0.3 is 9.25 Å². The minimum atomic E-state index is -0.0682. The van der Waals surface area contributed by atoms with Gasteiger partial charge in [0.05, 0.1) is 11.6 Å². The molecule has 0 radical (unpaired) electrons. The SMILES string of the molecule is O=c1cc(-c2ccccc2)oc2ccc(/C=N/OCCN3CCCCC3)cc12. The van der Waals surface area contributed by atoms with Gasteiger partial charge in [-0.1, -0.05) is 41.9 Å². The fourth-order valence-electron chi connectivity index (χ4n) is 3.50. The van der Waals surface area contributed by atoms with Crippen LogP contribution in [0.3, 0.4) is 0 Å². The van der Waals surface area contributed by atoms with Crippen molar-refractivity contribution < 1.29 is 9.25 Å². The van der Waals surface area contributed by atoms with Crippen LogP contribution in [-0.4, -0.2) is 37.4 Å².